The molecule has 2 amide bonds. The molecule has 0 unspecified atom stereocenters. The van der Waals surface area contributed by atoms with Gasteiger partial charge < -0.3 is 19.9 Å². The Morgan fingerprint density at radius 3 is 2.69 bits per heavy atom. The van der Waals surface area contributed by atoms with Gasteiger partial charge in [-0.3, -0.25) is 10.4 Å². The second-order valence-corrected chi connectivity index (χ2v) is 8.29. The summed E-state index contributed by atoms with van der Waals surface area (Å²) in [6.07, 6.45) is 3.58. The van der Waals surface area contributed by atoms with Gasteiger partial charge in [0, 0.05) is 24.7 Å². The van der Waals surface area contributed by atoms with Gasteiger partial charge in [-0.2, -0.15) is 5.10 Å². The van der Waals surface area contributed by atoms with Gasteiger partial charge in [-0.1, -0.05) is 12.1 Å². The van der Waals surface area contributed by atoms with E-state index >= 15 is 0 Å². The minimum absolute atomic E-state index is 0.0588. The van der Waals surface area contributed by atoms with Crippen molar-refractivity contribution < 1.29 is 14.3 Å². The lowest BCUT2D eigenvalue weighted by atomic mass is 10.1. The summed E-state index contributed by atoms with van der Waals surface area (Å²) in [5.41, 5.74) is 3.06. The fourth-order valence-corrected chi connectivity index (χ4v) is 4.23. The second-order valence-electron chi connectivity index (χ2n) is 8.29. The summed E-state index contributed by atoms with van der Waals surface area (Å²) in [5.74, 6) is 1.07. The summed E-state index contributed by atoms with van der Waals surface area (Å²) in [5, 5.41) is 12.8. The fourth-order valence-electron chi connectivity index (χ4n) is 4.23. The Balaban J connectivity index is 1.17. The van der Waals surface area contributed by atoms with Crippen molar-refractivity contribution in [1.29, 1.82) is 0 Å². The smallest absolute Gasteiger partial charge is 0.356 e. The highest BCUT2D eigenvalue weighted by atomic mass is 16.5. The van der Waals surface area contributed by atoms with Gasteiger partial charge >= 0.3 is 12.0 Å². The van der Waals surface area contributed by atoms with Crippen LogP contribution in [0.2, 0.25) is 0 Å². The Bertz CT molecular complexity index is 1090. The normalized spacial score (nSPS) is 16.8. The molecule has 168 valence electrons. The van der Waals surface area contributed by atoms with Crippen LogP contribution in [-0.4, -0.2) is 57.9 Å². The van der Waals surface area contributed by atoms with E-state index in [4.69, 9.17) is 4.74 Å². The molecule has 3 heterocycles. The number of esters is 1. The van der Waals surface area contributed by atoms with E-state index < -0.39 is 5.97 Å². The topological polar surface area (TPSA) is 128 Å². The van der Waals surface area contributed by atoms with Gasteiger partial charge in [0.15, 0.2) is 5.82 Å². The van der Waals surface area contributed by atoms with E-state index in [2.05, 4.69) is 35.7 Å². The van der Waals surface area contributed by atoms with Crippen LogP contribution >= 0.6 is 0 Å². The molecular formula is C22H27N7O3. The van der Waals surface area contributed by atoms with Crippen LogP contribution < -0.4 is 15.5 Å². The van der Waals surface area contributed by atoms with Crippen LogP contribution in [0, 0.1) is 0 Å². The van der Waals surface area contributed by atoms with E-state index in [0.29, 0.717) is 11.5 Å². The highest BCUT2D eigenvalue weighted by molar-refractivity contribution is 5.95. The van der Waals surface area contributed by atoms with Gasteiger partial charge in [-0.05, 0) is 50.7 Å². The third-order valence-electron chi connectivity index (χ3n) is 6.01. The van der Waals surface area contributed by atoms with Crippen molar-refractivity contribution in [2.45, 2.75) is 44.6 Å². The van der Waals surface area contributed by atoms with Crippen LogP contribution in [0.5, 0.6) is 0 Å². The molecule has 1 aliphatic heterocycles. The zero-order valence-electron chi connectivity index (χ0n) is 18.0. The number of H-pyrrole nitrogens is 2. The molecule has 2 aromatic heterocycles. The van der Waals surface area contributed by atoms with Gasteiger partial charge in [0.2, 0.25) is 5.95 Å². The van der Waals surface area contributed by atoms with Crippen molar-refractivity contribution >= 4 is 34.8 Å². The molecule has 1 saturated heterocycles. The van der Waals surface area contributed by atoms with E-state index in [1.165, 1.54) is 0 Å². The summed E-state index contributed by atoms with van der Waals surface area (Å²) >= 11 is 0. The number of urea groups is 1. The monoisotopic (exact) mass is 437 g/mol. The predicted octanol–water partition coefficient (Wildman–Crippen LogP) is 3.13. The van der Waals surface area contributed by atoms with Crippen LogP contribution in [0.4, 0.5) is 16.6 Å². The summed E-state index contributed by atoms with van der Waals surface area (Å²) in [4.78, 5) is 35.0. The van der Waals surface area contributed by atoms with Crippen molar-refractivity contribution in [3.05, 3.63) is 35.5 Å². The third kappa shape index (κ3) is 4.12. The Morgan fingerprint density at radius 2 is 1.97 bits per heavy atom. The molecule has 0 bridgehead atoms. The molecular weight excluding hydrogens is 410 g/mol. The van der Waals surface area contributed by atoms with Gasteiger partial charge in [0.1, 0.15) is 5.69 Å². The van der Waals surface area contributed by atoms with E-state index in [1.807, 2.05) is 24.3 Å². The Hall–Kier alpha value is -3.56. The number of anilines is 2. The maximum Gasteiger partial charge on any atom is 0.356 e. The number of amides is 2. The minimum Gasteiger partial charge on any atom is -0.461 e. The first kappa shape index (κ1) is 20.3. The summed E-state index contributed by atoms with van der Waals surface area (Å²) < 4.78 is 5.10. The molecule has 5 rings (SSSR count). The number of ether oxygens (including phenoxy) is 1. The highest BCUT2D eigenvalue weighted by Crippen LogP contribution is 2.44. The van der Waals surface area contributed by atoms with Crippen molar-refractivity contribution in [3.63, 3.8) is 0 Å². The molecule has 2 fully saturated rings. The Morgan fingerprint density at radius 1 is 1.19 bits per heavy atom. The number of hydrogen-bond acceptors (Lipinski definition) is 6. The molecule has 1 aromatic carbocycles. The lowest BCUT2D eigenvalue weighted by Gasteiger charge is -2.32. The first-order valence-corrected chi connectivity index (χ1v) is 11.1. The summed E-state index contributed by atoms with van der Waals surface area (Å²) in [7, 11) is 0. The van der Waals surface area contributed by atoms with Crippen molar-refractivity contribution in [2.75, 3.05) is 29.9 Å². The number of fused-ring (bicyclic) bond motifs is 1. The molecule has 32 heavy (non-hydrogen) atoms. The van der Waals surface area contributed by atoms with E-state index in [-0.39, 0.29) is 24.6 Å². The number of benzene rings is 1. The van der Waals surface area contributed by atoms with Crippen LogP contribution in [0.25, 0.3) is 11.0 Å². The minimum atomic E-state index is -0.437. The molecule has 1 saturated carbocycles. The lowest BCUT2D eigenvalue weighted by molar-refractivity contribution is 0.0518. The molecule has 10 nitrogen and oxygen atoms in total. The molecule has 0 atom stereocenters. The molecule has 0 spiro atoms. The summed E-state index contributed by atoms with van der Waals surface area (Å²) in [6.45, 7) is 3.65. The molecule has 4 N–H and O–H groups in total. The quantitative estimate of drug-likeness (QED) is 0.439. The molecule has 10 heteroatoms. The number of hydrogen-bond donors (Lipinski definition) is 4. The zero-order valence-corrected chi connectivity index (χ0v) is 18.0. The van der Waals surface area contributed by atoms with Gasteiger partial charge in [0.05, 0.1) is 17.6 Å². The number of aromatic amines is 2. The SMILES string of the molecule is CCOC(=O)c1[nH]nc(NC(=O)NC2CCN(c3nc4ccccc4[nH]3)CC2)c1C1CC1. The number of aromatic nitrogens is 4. The number of carbonyl (C=O) groups is 2. The number of para-hydroxylation sites is 2. The number of nitrogens with zero attached hydrogens (tertiary/aromatic N) is 3. The largest absolute Gasteiger partial charge is 0.461 e. The van der Waals surface area contributed by atoms with Gasteiger partial charge in [0.25, 0.3) is 0 Å². The van der Waals surface area contributed by atoms with Gasteiger partial charge in [-0.15, -0.1) is 0 Å². The molecule has 3 aromatic rings. The molecule has 0 radical (unpaired) electrons. The highest BCUT2D eigenvalue weighted by Gasteiger charge is 2.34. The van der Waals surface area contributed by atoms with E-state index in [1.54, 1.807) is 6.92 Å². The van der Waals surface area contributed by atoms with Crippen molar-refractivity contribution in [2.24, 2.45) is 0 Å². The lowest BCUT2D eigenvalue weighted by Crippen LogP contribution is -2.46. The maximum absolute atomic E-state index is 12.6. The Kier molecular flexibility index (Phi) is 5.42. The molecule has 2 aliphatic rings. The van der Waals surface area contributed by atoms with Gasteiger partial charge in [-0.25, -0.2) is 14.6 Å². The van der Waals surface area contributed by atoms with Crippen molar-refractivity contribution in [1.82, 2.24) is 25.5 Å². The summed E-state index contributed by atoms with van der Waals surface area (Å²) in [6, 6.07) is 7.72. The first-order valence-electron chi connectivity index (χ1n) is 11.1. The average molecular weight is 438 g/mol. The van der Waals surface area contributed by atoms with E-state index in [9.17, 15) is 9.59 Å². The van der Waals surface area contributed by atoms with Crippen LogP contribution in [0.15, 0.2) is 24.3 Å². The van der Waals surface area contributed by atoms with E-state index in [0.717, 1.165) is 61.3 Å². The zero-order chi connectivity index (χ0) is 22.1. The second kappa shape index (κ2) is 8.52. The average Bonchev–Trinajstić information content (AvgIpc) is 3.39. The maximum atomic E-state index is 12.6. The number of imidazole rings is 1. The predicted molar refractivity (Wildman–Crippen MR) is 120 cm³/mol. The first-order chi connectivity index (χ1) is 15.6. The number of carbonyl (C=O) groups excluding carboxylic acids is 2. The van der Waals surface area contributed by atoms with Crippen LogP contribution in [0.3, 0.4) is 0 Å². The number of piperidine rings is 1. The molecule has 1 aliphatic carbocycles. The Labute approximate surface area is 185 Å². The standard InChI is InChI=1S/C22H27N7O3/c1-2-32-20(30)18-17(13-7-8-13)19(28-27-18)26-22(31)23-14-9-11-29(12-10-14)21-24-15-5-3-4-6-16(15)25-21/h3-6,13-14H,2,7-12H2,1H3,(H,24,25)(H3,23,26,27,28,31). The van der Waals surface area contributed by atoms with Crippen LogP contribution in [-0.2, 0) is 4.74 Å². The number of rotatable bonds is 6. The third-order valence-corrected chi connectivity index (χ3v) is 6.01. The number of nitrogens with one attached hydrogen (secondary N) is 4. The van der Waals surface area contributed by atoms with Crippen molar-refractivity contribution in [3.8, 4) is 0 Å². The fraction of sp³-hybridized carbons (Fsp3) is 0.455. The van der Waals surface area contributed by atoms with Crippen LogP contribution in [0.1, 0.15) is 54.6 Å².